The number of nitrogens with one attached hydrogen (secondary N) is 2. The molecule has 2 rings (SSSR count). The molecule has 140 valence electrons. The minimum absolute atomic E-state index is 0.287. The van der Waals surface area contributed by atoms with E-state index in [1.165, 1.54) is 0 Å². The Labute approximate surface area is 150 Å². The van der Waals surface area contributed by atoms with Gasteiger partial charge in [0, 0.05) is 6.26 Å². The number of hydrogen-bond acceptors (Lipinski definition) is 5. The second-order valence-corrected chi connectivity index (χ2v) is 9.25. The standard InChI is InChI=1S/C18H28N2O4S/c1-13-6-5-7-14(2)16(13)24-12-15(3)20-17(21)18(25(4,22)23)8-10-19-11-9-18/h5-7,15,19H,8-12H2,1-4H3,(H,20,21). The highest BCUT2D eigenvalue weighted by Gasteiger charge is 2.48. The molecule has 0 aromatic heterocycles. The topological polar surface area (TPSA) is 84.5 Å². The Morgan fingerprint density at radius 1 is 1.28 bits per heavy atom. The molecule has 7 heteroatoms. The maximum absolute atomic E-state index is 12.7. The van der Waals surface area contributed by atoms with Crippen molar-refractivity contribution in [2.24, 2.45) is 0 Å². The second kappa shape index (κ2) is 7.74. The molecule has 1 amide bonds. The van der Waals surface area contributed by atoms with Gasteiger partial charge in [0.15, 0.2) is 14.6 Å². The summed E-state index contributed by atoms with van der Waals surface area (Å²) in [6, 6.07) is 5.62. The summed E-state index contributed by atoms with van der Waals surface area (Å²) < 4.78 is 29.1. The summed E-state index contributed by atoms with van der Waals surface area (Å²) >= 11 is 0. The van der Waals surface area contributed by atoms with Crippen LogP contribution < -0.4 is 15.4 Å². The van der Waals surface area contributed by atoms with E-state index in [1.807, 2.05) is 39.0 Å². The van der Waals surface area contributed by atoms with Gasteiger partial charge in [0.05, 0.1) is 6.04 Å². The van der Waals surface area contributed by atoms with Gasteiger partial charge in [-0.05, 0) is 57.8 Å². The van der Waals surface area contributed by atoms with E-state index in [0.717, 1.165) is 23.1 Å². The number of rotatable bonds is 6. The number of ether oxygens (including phenoxy) is 1. The monoisotopic (exact) mass is 368 g/mol. The Balaban J connectivity index is 2.04. The predicted molar refractivity (Wildman–Crippen MR) is 98.7 cm³/mol. The van der Waals surface area contributed by atoms with Crippen molar-refractivity contribution in [3.63, 3.8) is 0 Å². The largest absolute Gasteiger partial charge is 0.491 e. The third kappa shape index (κ3) is 4.33. The van der Waals surface area contributed by atoms with Gasteiger partial charge < -0.3 is 15.4 Å². The normalized spacial score (nSPS) is 18.4. The van der Waals surface area contributed by atoms with Crippen molar-refractivity contribution in [3.8, 4) is 5.75 Å². The van der Waals surface area contributed by atoms with Crippen LogP contribution in [0.5, 0.6) is 5.75 Å². The average Bonchev–Trinajstić information content (AvgIpc) is 2.54. The average molecular weight is 368 g/mol. The van der Waals surface area contributed by atoms with E-state index in [-0.39, 0.29) is 12.6 Å². The zero-order chi connectivity index (χ0) is 18.7. The van der Waals surface area contributed by atoms with E-state index in [0.29, 0.717) is 25.9 Å². The first-order valence-corrected chi connectivity index (χ1v) is 10.5. The van der Waals surface area contributed by atoms with Crippen molar-refractivity contribution in [3.05, 3.63) is 29.3 Å². The molecule has 2 N–H and O–H groups in total. The van der Waals surface area contributed by atoms with Crippen LogP contribution in [0.4, 0.5) is 0 Å². The molecule has 0 aliphatic carbocycles. The fraction of sp³-hybridized carbons (Fsp3) is 0.611. The Morgan fingerprint density at radius 3 is 2.36 bits per heavy atom. The highest BCUT2D eigenvalue weighted by Crippen LogP contribution is 2.28. The molecule has 1 aliphatic heterocycles. The van der Waals surface area contributed by atoms with E-state index in [1.54, 1.807) is 0 Å². The minimum atomic E-state index is -3.51. The first-order valence-electron chi connectivity index (χ1n) is 8.58. The molecule has 1 fully saturated rings. The highest BCUT2D eigenvalue weighted by molar-refractivity contribution is 7.92. The molecule has 1 aliphatic rings. The van der Waals surface area contributed by atoms with Gasteiger partial charge in [-0.25, -0.2) is 8.42 Å². The molecule has 1 atom stereocenters. The number of carbonyl (C=O) groups is 1. The van der Waals surface area contributed by atoms with Gasteiger partial charge in [0.25, 0.3) is 0 Å². The number of carbonyl (C=O) groups excluding carboxylic acids is 1. The van der Waals surface area contributed by atoms with Crippen LogP contribution >= 0.6 is 0 Å². The van der Waals surface area contributed by atoms with Gasteiger partial charge in [-0.3, -0.25) is 4.79 Å². The van der Waals surface area contributed by atoms with Crippen molar-refractivity contribution in [2.75, 3.05) is 26.0 Å². The summed E-state index contributed by atoms with van der Waals surface area (Å²) in [5, 5.41) is 5.95. The predicted octanol–water partition coefficient (Wildman–Crippen LogP) is 1.35. The van der Waals surface area contributed by atoms with Crippen LogP contribution in [0.3, 0.4) is 0 Å². The number of piperidine rings is 1. The Morgan fingerprint density at radius 2 is 1.84 bits per heavy atom. The van der Waals surface area contributed by atoms with Crippen LogP contribution in [0.15, 0.2) is 18.2 Å². The first kappa shape index (κ1) is 19.7. The minimum Gasteiger partial charge on any atom is -0.491 e. The molecular weight excluding hydrogens is 340 g/mol. The maximum Gasteiger partial charge on any atom is 0.241 e. The van der Waals surface area contributed by atoms with Gasteiger partial charge in [0.1, 0.15) is 12.4 Å². The van der Waals surface area contributed by atoms with Gasteiger partial charge in [-0.2, -0.15) is 0 Å². The number of sulfone groups is 1. The number of hydrogen-bond donors (Lipinski definition) is 2. The number of benzene rings is 1. The molecule has 1 aromatic rings. The molecule has 1 aromatic carbocycles. The molecule has 6 nitrogen and oxygen atoms in total. The smallest absolute Gasteiger partial charge is 0.241 e. The summed E-state index contributed by atoms with van der Waals surface area (Å²) in [6.45, 7) is 7.10. The Hall–Kier alpha value is -1.60. The summed E-state index contributed by atoms with van der Waals surface area (Å²) in [7, 11) is -3.51. The van der Waals surface area contributed by atoms with Crippen molar-refractivity contribution in [1.82, 2.24) is 10.6 Å². The summed E-state index contributed by atoms with van der Waals surface area (Å²) in [4.78, 5) is 12.7. The molecule has 1 unspecified atom stereocenters. The van der Waals surface area contributed by atoms with E-state index in [2.05, 4.69) is 10.6 Å². The lowest BCUT2D eigenvalue weighted by Gasteiger charge is -2.35. The SMILES string of the molecule is Cc1cccc(C)c1OCC(C)NC(=O)C1(S(C)(=O)=O)CCNCC1. The van der Waals surface area contributed by atoms with Crippen molar-refractivity contribution in [1.29, 1.82) is 0 Å². The highest BCUT2D eigenvalue weighted by atomic mass is 32.2. The fourth-order valence-corrected chi connectivity index (χ4v) is 4.57. The maximum atomic E-state index is 12.7. The van der Waals surface area contributed by atoms with Crippen LogP contribution in [0.1, 0.15) is 30.9 Å². The van der Waals surface area contributed by atoms with Gasteiger partial charge in [0.2, 0.25) is 5.91 Å². The van der Waals surface area contributed by atoms with Gasteiger partial charge in [-0.1, -0.05) is 18.2 Å². The number of para-hydroxylation sites is 1. The van der Waals surface area contributed by atoms with Crippen molar-refractivity contribution < 1.29 is 17.9 Å². The van der Waals surface area contributed by atoms with Crippen LogP contribution in [-0.4, -0.2) is 51.1 Å². The van der Waals surface area contributed by atoms with Crippen LogP contribution in [-0.2, 0) is 14.6 Å². The van der Waals surface area contributed by atoms with E-state index < -0.39 is 20.5 Å². The second-order valence-electron chi connectivity index (χ2n) is 6.92. The molecule has 0 bridgehead atoms. The molecule has 25 heavy (non-hydrogen) atoms. The van der Waals surface area contributed by atoms with E-state index in [9.17, 15) is 13.2 Å². The van der Waals surface area contributed by atoms with Crippen LogP contribution in [0, 0.1) is 13.8 Å². The first-order chi connectivity index (χ1) is 11.7. The van der Waals surface area contributed by atoms with Gasteiger partial charge in [-0.15, -0.1) is 0 Å². The molecule has 1 saturated heterocycles. The van der Waals surface area contributed by atoms with Crippen molar-refractivity contribution >= 4 is 15.7 Å². The Kier molecular flexibility index (Phi) is 6.11. The number of amides is 1. The summed E-state index contributed by atoms with van der Waals surface area (Å²) in [5.74, 6) is 0.386. The zero-order valence-corrected chi connectivity index (χ0v) is 16.2. The fourth-order valence-electron chi connectivity index (χ4n) is 3.23. The lowest BCUT2D eigenvalue weighted by atomic mass is 9.95. The molecule has 0 spiro atoms. The third-order valence-corrected chi connectivity index (χ3v) is 6.81. The zero-order valence-electron chi connectivity index (χ0n) is 15.4. The van der Waals surface area contributed by atoms with Crippen LogP contribution in [0.2, 0.25) is 0 Å². The lowest BCUT2D eigenvalue weighted by molar-refractivity contribution is -0.125. The lowest BCUT2D eigenvalue weighted by Crippen LogP contribution is -2.59. The van der Waals surface area contributed by atoms with Crippen LogP contribution in [0.25, 0.3) is 0 Å². The number of aryl methyl sites for hydroxylation is 2. The molecule has 0 saturated carbocycles. The van der Waals surface area contributed by atoms with Gasteiger partial charge >= 0.3 is 0 Å². The van der Waals surface area contributed by atoms with Crippen molar-refractivity contribution in [2.45, 2.75) is 44.4 Å². The summed E-state index contributed by atoms with van der Waals surface area (Å²) in [6.07, 6.45) is 1.74. The Bertz CT molecular complexity index is 704. The summed E-state index contributed by atoms with van der Waals surface area (Å²) in [5.41, 5.74) is 2.06. The molecular formula is C18H28N2O4S. The third-order valence-electron chi connectivity index (χ3n) is 4.80. The van der Waals surface area contributed by atoms with E-state index in [4.69, 9.17) is 4.74 Å². The van der Waals surface area contributed by atoms with E-state index >= 15 is 0 Å². The quantitative estimate of drug-likeness (QED) is 0.792. The molecule has 1 heterocycles. The molecule has 0 radical (unpaired) electrons.